The molecule has 0 aromatic carbocycles. The molecular formula is C14H23N3O4S. The van der Waals surface area contributed by atoms with Gasteiger partial charge in [-0.25, -0.2) is 18.1 Å². The first kappa shape index (κ1) is 17.0. The molecule has 1 aliphatic heterocycles. The number of aryl methyl sites for hydroxylation is 2. The third kappa shape index (κ3) is 3.86. The maximum atomic E-state index is 12.6. The van der Waals surface area contributed by atoms with E-state index in [9.17, 15) is 13.2 Å². The van der Waals surface area contributed by atoms with E-state index in [0.29, 0.717) is 24.7 Å². The van der Waals surface area contributed by atoms with Gasteiger partial charge >= 0.3 is 0 Å². The van der Waals surface area contributed by atoms with Crippen LogP contribution in [0.2, 0.25) is 0 Å². The minimum absolute atomic E-state index is 0.119. The molecule has 1 aromatic heterocycles. The molecule has 7 nitrogen and oxygen atoms in total. The van der Waals surface area contributed by atoms with Gasteiger partial charge in [-0.15, -0.1) is 0 Å². The van der Waals surface area contributed by atoms with E-state index in [0.717, 1.165) is 19.1 Å². The summed E-state index contributed by atoms with van der Waals surface area (Å²) in [5.41, 5.74) is 0.564. The van der Waals surface area contributed by atoms with Crippen LogP contribution in [-0.4, -0.2) is 49.6 Å². The van der Waals surface area contributed by atoms with Crippen molar-refractivity contribution in [2.24, 2.45) is 5.92 Å². The highest BCUT2D eigenvalue weighted by Crippen LogP contribution is 2.25. The highest BCUT2D eigenvalue weighted by atomic mass is 32.2. The van der Waals surface area contributed by atoms with Crippen molar-refractivity contribution in [3.8, 4) is 0 Å². The second-order valence-corrected chi connectivity index (χ2v) is 7.68. The predicted molar refractivity (Wildman–Crippen MR) is 82.0 cm³/mol. The summed E-state index contributed by atoms with van der Waals surface area (Å²) in [5, 5.41) is 0. The second-order valence-electron chi connectivity index (χ2n) is 5.90. The van der Waals surface area contributed by atoms with Crippen molar-refractivity contribution in [1.82, 2.24) is 14.6 Å². The van der Waals surface area contributed by atoms with Gasteiger partial charge in [0.05, 0.1) is 11.9 Å². The molecule has 0 radical (unpaired) electrons. The van der Waals surface area contributed by atoms with Gasteiger partial charge in [-0.05, 0) is 19.3 Å². The van der Waals surface area contributed by atoms with Crippen LogP contribution in [0.5, 0.6) is 0 Å². The number of hydrogen-bond acceptors (Lipinski definition) is 5. The van der Waals surface area contributed by atoms with Crippen molar-refractivity contribution >= 4 is 15.9 Å². The Bertz CT molecular complexity index is 653. The number of nitrogens with zero attached hydrogens (tertiary/aromatic N) is 2. The topological polar surface area (TPSA) is 92.5 Å². The molecule has 2 atom stereocenters. The Morgan fingerprint density at radius 3 is 2.59 bits per heavy atom. The molecule has 0 spiro atoms. The summed E-state index contributed by atoms with van der Waals surface area (Å²) in [4.78, 5) is 18.3. The van der Waals surface area contributed by atoms with Gasteiger partial charge in [0, 0.05) is 26.1 Å². The summed E-state index contributed by atoms with van der Waals surface area (Å²) in [5.74, 6) is 0.591. The van der Waals surface area contributed by atoms with Crippen molar-refractivity contribution in [1.29, 1.82) is 0 Å². The van der Waals surface area contributed by atoms with Crippen molar-refractivity contribution in [2.75, 3.05) is 19.3 Å². The summed E-state index contributed by atoms with van der Waals surface area (Å²) in [6.07, 6.45) is 2.95. The quantitative estimate of drug-likeness (QED) is 0.872. The minimum atomic E-state index is -3.30. The van der Waals surface area contributed by atoms with Crippen LogP contribution >= 0.6 is 0 Å². The highest BCUT2D eigenvalue weighted by molar-refractivity contribution is 7.88. The summed E-state index contributed by atoms with van der Waals surface area (Å²) in [7, 11) is -3.30. The maximum Gasteiger partial charge on any atom is 0.291 e. The lowest BCUT2D eigenvalue weighted by Crippen LogP contribution is -2.40. The van der Waals surface area contributed by atoms with Crippen LogP contribution in [0.25, 0.3) is 0 Å². The Kier molecular flexibility index (Phi) is 4.91. The van der Waals surface area contributed by atoms with Crippen LogP contribution in [0.3, 0.4) is 0 Å². The largest absolute Gasteiger partial charge is 0.436 e. The van der Waals surface area contributed by atoms with Crippen molar-refractivity contribution in [3.05, 3.63) is 17.3 Å². The van der Waals surface area contributed by atoms with Crippen LogP contribution in [0, 0.1) is 19.8 Å². The summed E-state index contributed by atoms with van der Waals surface area (Å²) in [6, 6.07) is -0.247. The Balaban J connectivity index is 2.16. The number of sulfonamides is 1. The average Bonchev–Trinajstić information content (AvgIpc) is 2.91. The molecule has 0 saturated carbocycles. The fraction of sp³-hybridized carbons (Fsp3) is 0.714. The van der Waals surface area contributed by atoms with E-state index in [1.165, 1.54) is 0 Å². The molecule has 1 fully saturated rings. The first-order valence-electron chi connectivity index (χ1n) is 7.42. The lowest BCUT2D eigenvalue weighted by Gasteiger charge is -2.17. The lowest BCUT2D eigenvalue weighted by molar-refractivity contribution is 0.0751. The van der Waals surface area contributed by atoms with E-state index in [-0.39, 0.29) is 23.6 Å². The van der Waals surface area contributed by atoms with Gasteiger partial charge in [-0.1, -0.05) is 13.3 Å². The van der Waals surface area contributed by atoms with E-state index in [4.69, 9.17) is 4.42 Å². The normalized spacial score (nSPS) is 22.3. The SMILES string of the molecule is CCC[C@H]1CN(C(=O)c2oc(C)nc2C)C[C@@H]1NS(C)(=O)=O. The van der Waals surface area contributed by atoms with Crippen LogP contribution in [0.15, 0.2) is 4.42 Å². The first-order valence-corrected chi connectivity index (χ1v) is 9.31. The number of aromatic nitrogens is 1. The molecule has 0 aliphatic carbocycles. The molecule has 1 aromatic rings. The summed E-state index contributed by atoms with van der Waals surface area (Å²) in [6.45, 7) is 6.36. The number of hydrogen-bond donors (Lipinski definition) is 1. The predicted octanol–water partition coefficient (Wildman–Crippen LogP) is 1.08. The van der Waals surface area contributed by atoms with E-state index < -0.39 is 10.0 Å². The Morgan fingerprint density at radius 1 is 1.41 bits per heavy atom. The zero-order valence-corrected chi connectivity index (χ0v) is 14.2. The zero-order chi connectivity index (χ0) is 16.5. The van der Waals surface area contributed by atoms with Crippen LogP contribution in [0.1, 0.15) is 41.9 Å². The number of amides is 1. The minimum Gasteiger partial charge on any atom is -0.436 e. The number of rotatable bonds is 5. The van der Waals surface area contributed by atoms with Crippen molar-refractivity contribution in [3.63, 3.8) is 0 Å². The van der Waals surface area contributed by atoms with Crippen LogP contribution in [0.4, 0.5) is 0 Å². The second kappa shape index (κ2) is 6.37. The fourth-order valence-corrected chi connectivity index (χ4v) is 3.80. The Labute approximate surface area is 131 Å². The average molecular weight is 329 g/mol. The van der Waals surface area contributed by atoms with E-state index >= 15 is 0 Å². The van der Waals surface area contributed by atoms with Gasteiger partial charge in [-0.3, -0.25) is 4.79 Å². The van der Waals surface area contributed by atoms with Crippen molar-refractivity contribution < 1.29 is 17.6 Å². The smallest absolute Gasteiger partial charge is 0.291 e. The number of carbonyl (C=O) groups is 1. The van der Waals surface area contributed by atoms with Crippen LogP contribution < -0.4 is 4.72 Å². The molecule has 8 heteroatoms. The molecule has 1 saturated heterocycles. The number of nitrogens with one attached hydrogen (secondary N) is 1. The summed E-state index contributed by atoms with van der Waals surface area (Å²) >= 11 is 0. The fourth-order valence-electron chi connectivity index (χ4n) is 2.98. The van der Waals surface area contributed by atoms with Gasteiger partial charge in [0.2, 0.25) is 15.8 Å². The van der Waals surface area contributed by atoms with Gasteiger partial charge in [0.1, 0.15) is 0 Å². The van der Waals surface area contributed by atoms with Crippen LogP contribution in [-0.2, 0) is 10.0 Å². The number of carbonyl (C=O) groups excluding carboxylic acids is 1. The molecule has 124 valence electrons. The van der Waals surface area contributed by atoms with Gasteiger partial charge in [0.15, 0.2) is 5.89 Å². The standard InChI is InChI=1S/C14H23N3O4S/c1-5-6-11-7-17(8-12(11)16-22(4,19)20)14(18)13-9(2)15-10(3)21-13/h11-12,16H,5-8H2,1-4H3/t11-,12-/m0/s1. The third-order valence-electron chi connectivity index (χ3n) is 3.85. The van der Waals surface area contributed by atoms with Gasteiger partial charge in [0.25, 0.3) is 5.91 Å². The Hall–Kier alpha value is -1.41. The number of oxazole rings is 1. The van der Waals surface area contributed by atoms with Gasteiger partial charge < -0.3 is 9.32 Å². The molecule has 1 amide bonds. The maximum absolute atomic E-state index is 12.6. The van der Waals surface area contributed by atoms with E-state index in [2.05, 4.69) is 9.71 Å². The lowest BCUT2D eigenvalue weighted by atomic mass is 9.99. The zero-order valence-electron chi connectivity index (χ0n) is 13.4. The molecule has 0 bridgehead atoms. The molecular weight excluding hydrogens is 306 g/mol. The highest BCUT2D eigenvalue weighted by Gasteiger charge is 2.37. The molecule has 1 aliphatic rings. The van der Waals surface area contributed by atoms with E-state index in [1.54, 1.807) is 18.7 Å². The molecule has 2 heterocycles. The third-order valence-corrected chi connectivity index (χ3v) is 4.58. The number of likely N-dealkylation sites (tertiary alicyclic amines) is 1. The Morgan fingerprint density at radius 2 is 2.09 bits per heavy atom. The summed E-state index contributed by atoms with van der Waals surface area (Å²) < 4.78 is 31.0. The van der Waals surface area contributed by atoms with E-state index in [1.807, 2.05) is 6.92 Å². The molecule has 1 N–H and O–H groups in total. The first-order chi connectivity index (χ1) is 10.2. The molecule has 2 rings (SSSR count). The molecule has 22 heavy (non-hydrogen) atoms. The monoisotopic (exact) mass is 329 g/mol. The van der Waals surface area contributed by atoms with Crippen molar-refractivity contribution in [2.45, 2.75) is 39.7 Å². The molecule has 0 unspecified atom stereocenters. The van der Waals surface area contributed by atoms with Gasteiger partial charge in [-0.2, -0.15) is 0 Å².